The quantitative estimate of drug-likeness (QED) is 0.858. The first kappa shape index (κ1) is 13.4. The van der Waals surface area contributed by atoms with Crippen molar-refractivity contribution in [3.8, 4) is 0 Å². The third-order valence-corrected chi connectivity index (χ3v) is 2.65. The van der Waals surface area contributed by atoms with Crippen LogP contribution in [0.15, 0.2) is 4.52 Å². The van der Waals surface area contributed by atoms with Crippen molar-refractivity contribution in [3.05, 3.63) is 11.7 Å². The zero-order valence-electron chi connectivity index (χ0n) is 9.56. The number of aryl methyl sites for hydroxylation is 1. The van der Waals surface area contributed by atoms with Gasteiger partial charge in [0.15, 0.2) is 5.82 Å². The van der Waals surface area contributed by atoms with Crippen LogP contribution in [-0.2, 0) is 13.0 Å². The molecule has 1 aromatic heterocycles. The summed E-state index contributed by atoms with van der Waals surface area (Å²) >= 11 is 0. The van der Waals surface area contributed by atoms with Crippen molar-refractivity contribution >= 4 is 12.4 Å². The Hall–Kier alpha value is -0.650. The van der Waals surface area contributed by atoms with Crippen molar-refractivity contribution in [1.29, 1.82) is 0 Å². The lowest BCUT2D eigenvalue weighted by Gasteiger charge is -2.11. The Morgan fingerprint density at radius 2 is 2.38 bits per heavy atom. The highest BCUT2D eigenvalue weighted by atomic mass is 35.5. The number of nitrogens with two attached hydrogens (primary N) is 1. The highest BCUT2D eigenvalue weighted by molar-refractivity contribution is 5.85. The average molecular weight is 247 g/mol. The Bertz CT molecular complexity index is 318. The molecule has 0 amide bonds. The minimum Gasteiger partial charge on any atom is -0.339 e. The lowest BCUT2D eigenvalue weighted by atomic mass is 10.3. The van der Waals surface area contributed by atoms with Crippen LogP contribution in [0, 0.1) is 0 Å². The fraction of sp³-hybridized carbons (Fsp3) is 0.800. The standard InChI is InChI=1S/C10H18N4O.ClH/c1-2-3-10-12-9(13-15-10)7-14-5-4-8(11)6-14;/h8H,2-7,11H2,1H3;1H. The summed E-state index contributed by atoms with van der Waals surface area (Å²) in [5, 5.41) is 3.95. The molecule has 92 valence electrons. The number of nitrogens with zero attached hydrogens (tertiary/aromatic N) is 3. The molecule has 1 fully saturated rings. The normalized spacial score (nSPS) is 21.0. The van der Waals surface area contributed by atoms with E-state index >= 15 is 0 Å². The molecular formula is C10H19ClN4O. The molecule has 2 N–H and O–H groups in total. The molecule has 0 bridgehead atoms. The Kier molecular flexibility index (Phi) is 5.18. The molecule has 16 heavy (non-hydrogen) atoms. The number of aromatic nitrogens is 2. The fourth-order valence-corrected chi connectivity index (χ4v) is 1.88. The number of halogens is 1. The maximum atomic E-state index is 5.83. The van der Waals surface area contributed by atoms with Gasteiger partial charge in [-0.2, -0.15) is 4.98 Å². The van der Waals surface area contributed by atoms with Crippen molar-refractivity contribution in [2.75, 3.05) is 13.1 Å². The first-order valence-corrected chi connectivity index (χ1v) is 5.57. The monoisotopic (exact) mass is 246 g/mol. The lowest BCUT2D eigenvalue weighted by molar-refractivity contribution is 0.306. The van der Waals surface area contributed by atoms with E-state index < -0.39 is 0 Å². The van der Waals surface area contributed by atoms with E-state index in [1.54, 1.807) is 0 Å². The second-order valence-electron chi connectivity index (χ2n) is 4.14. The van der Waals surface area contributed by atoms with Crippen molar-refractivity contribution < 1.29 is 4.52 Å². The molecule has 2 heterocycles. The number of rotatable bonds is 4. The van der Waals surface area contributed by atoms with Crippen LogP contribution in [0.2, 0.25) is 0 Å². The second-order valence-corrected chi connectivity index (χ2v) is 4.14. The highest BCUT2D eigenvalue weighted by Crippen LogP contribution is 2.10. The van der Waals surface area contributed by atoms with E-state index in [0.717, 1.165) is 50.6 Å². The topological polar surface area (TPSA) is 68.2 Å². The molecule has 5 nitrogen and oxygen atoms in total. The molecule has 6 heteroatoms. The van der Waals surface area contributed by atoms with E-state index in [0.29, 0.717) is 6.04 Å². The summed E-state index contributed by atoms with van der Waals surface area (Å²) in [7, 11) is 0. The van der Waals surface area contributed by atoms with Crippen molar-refractivity contribution in [2.45, 2.75) is 38.8 Å². The molecule has 1 unspecified atom stereocenters. The molecule has 1 aliphatic heterocycles. The van der Waals surface area contributed by atoms with Crippen LogP contribution < -0.4 is 5.73 Å². The Morgan fingerprint density at radius 1 is 1.56 bits per heavy atom. The third-order valence-electron chi connectivity index (χ3n) is 2.65. The Labute approximate surface area is 102 Å². The molecule has 0 spiro atoms. The SMILES string of the molecule is CCCc1nc(CN2CCC(N)C2)no1.Cl. The van der Waals surface area contributed by atoms with Crippen LogP contribution in [0.4, 0.5) is 0 Å². The van der Waals surface area contributed by atoms with Crippen LogP contribution in [0.3, 0.4) is 0 Å². The zero-order chi connectivity index (χ0) is 10.7. The predicted octanol–water partition coefficient (Wildman–Crippen LogP) is 0.977. The summed E-state index contributed by atoms with van der Waals surface area (Å²) in [6.07, 6.45) is 2.97. The van der Waals surface area contributed by atoms with E-state index in [1.807, 2.05) is 0 Å². The van der Waals surface area contributed by atoms with Crippen molar-refractivity contribution in [3.63, 3.8) is 0 Å². The molecule has 2 rings (SSSR count). The largest absolute Gasteiger partial charge is 0.339 e. The molecular weight excluding hydrogens is 228 g/mol. The van der Waals surface area contributed by atoms with Gasteiger partial charge < -0.3 is 10.3 Å². The van der Waals surface area contributed by atoms with E-state index in [4.69, 9.17) is 10.3 Å². The number of likely N-dealkylation sites (tertiary alicyclic amines) is 1. The first-order valence-electron chi connectivity index (χ1n) is 5.57. The molecule has 1 aromatic rings. The number of hydrogen-bond donors (Lipinski definition) is 1. The summed E-state index contributed by atoms with van der Waals surface area (Å²) in [6.45, 7) is 4.85. The van der Waals surface area contributed by atoms with E-state index in [-0.39, 0.29) is 12.4 Å². The van der Waals surface area contributed by atoms with Gasteiger partial charge in [-0.05, 0) is 12.8 Å². The summed E-state index contributed by atoms with van der Waals surface area (Å²) < 4.78 is 5.12. The van der Waals surface area contributed by atoms with Crippen molar-refractivity contribution in [1.82, 2.24) is 15.0 Å². The molecule has 1 saturated heterocycles. The first-order chi connectivity index (χ1) is 7.28. The second kappa shape index (κ2) is 6.18. The fourth-order valence-electron chi connectivity index (χ4n) is 1.88. The maximum absolute atomic E-state index is 5.83. The summed E-state index contributed by atoms with van der Waals surface area (Å²) in [5.74, 6) is 1.53. The molecule has 0 radical (unpaired) electrons. The highest BCUT2D eigenvalue weighted by Gasteiger charge is 2.20. The smallest absolute Gasteiger partial charge is 0.226 e. The molecule has 0 saturated carbocycles. The van der Waals surface area contributed by atoms with Crippen LogP contribution >= 0.6 is 12.4 Å². The summed E-state index contributed by atoms with van der Waals surface area (Å²) in [6, 6.07) is 0.312. The van der Waals surface area contributed by atoms with Gasteiger partial charge in [-0.25, -0.2) is 0 Å². The van der Waals surface area contributed by atoms with Crippen LogP contribution in [0.1, 0.15) is 31.5 Å². The minimum atomic E-state index is 0. The summed E-state index contributed by atoms with van der Waals surface area (Å²) in [5.41, 5.74) is 5.83. The van der Waals surface area contributed by atoms with Crippen molar-refractivity contribution in [2.24, 2.45) is 5.73 Å². The van der Waals surface area contributed by atoms with Crippen LogP contribution in [0.5, 0.6) is 0 Å². The van der Waals surface area contributed by atoms with Crippen LogP contribution in [0.25, 0.3) is 0 Å². The molecule has 0 aliphatic carbocycles. The van der Waals surface area contributed by atoms with Gasteiger partial charge in [0.1, 0.15) is 0 Å². The average Bonchev–Trinajstić information content (AvgIpc) is 2.78. The molecule has 1 atom stereocenters. The van der Waals surface area contributed by atoms with E-state index in [2.05, 4.69) is 22.0 Å². The van der Waals surface area contributed by atoms with Gasteiger partial charge in [0, 0.05) is 25.6 Å². The van der Waals surface area contributed by atoms with Gasteiger partial charge in [-0.1, -0.05) is 12.1 Å². The van der Waals surface area contributed by atoms with Gasteiger partial charge in [-0.3, -0.25) is 4.90 Å². The van der Waals surface area contributed by atoms with Gasteiger partial charge in [-0.15, -0.1) is 12.4 Å². The Balaban J connectivity index is 0.00000128. The van der Waals surface area contributed by atoms with Gasteiger partial charge in [0.2, 0.25) is 5.89 Å². The Morgan fingerprint density at radius 3 is 3.00 bits per heavy atom. The zero-order valence-corrected chi connectivity index (χ0v) is 10.4. The van der Waals surface area contributed by atoms with Gasteiger partial charge >= 0.3 is 0 Å². The predicted molar refractivity (Wildman–Crippen MR) is 63.4 cm³/mol. The molecule has 0 aromatic carbocycles. The number of hydrogen-bond acceptors (Lipinski definition) is 5. The van der Waals surface area contributed by atoms with Gasteiger partial charge in [0.05, 0.1) is 6.54 Å². The third kappa shape index (κ3) is 3.43. The minimum absolute atomic E-state index is 0. The van der Waals surface area contributed by atoms with Crippen LogP contribution in [-0.4, -0.2) is 34.2 Å². The van der Waals surface area contributed by atoms with E-state index in [1.165, 1.54) is 0 Å². The molecule has 1 aliphatic rings. The van der Waals surface area contributed by atoms with E-state index in [9.17, 15) is 0 Å². The van der Waals surface area contributed by atoms with Gasteiger partial charge in [0.25, 0.3) is 0 Å². The summed E-state index contributed by atoms with van der Waals surface area (Å²) in [4.78, 5) is 6.60. The lowest BCUT2D eigenvalue weighted by Crippen LogP contribution is -2.26. The maximum Gasteiger partial charge on any atom is 0.226 e.